The van der Waals surface area contributed by atoms with E-state index in [2.05, 4.69) is 15.1 Å². The molecule has 0 spiro atoms. The number of halogens is 3. The third-order valence-corrected chi connectivity index (χ3v) is 4.76. The number of benzene rings is 1. The van der Waals surface area contributed by atoms with Crippen LogP contribution >= 0.6 is 0 Å². The Labute approximate surface area is 174 Å². The zero-order valence-electron chi connectivity index (χ0n) is 16.6. The van der Waals surface area contributed by atoms with E-state index in [1.807, 2.05) is 0 Å². The van der Waals surface area contributed by atoms with Crippen molar-refractivity contribution < 1.29 is 18.3 Å². The Hall–Kier alpha value is -3.53. The fourth-order valence-electron chi connectivity index (χ4n) is 3.30. The van der Waals surface area contributed by atoms with E-state index in [4.69, 9.17) is 0 Å². The van der Waals surface area contributed by atoms with Gasteiger partial charge in [-0.2, -0.15) is 18.3 Å². The van der Waals surface area contributed by atoms with E-state index in [0.29, 0.717) is 28.0 Å². The van der Waals surface area contributed by atoms with Crippen molar-refractivity contribution in [2.45, 2.75) is 25.7 Å². The molecule has 160 valence electrons. The number of nitrogens with zero attached hydrogens (tertiary/aromatic N) is 5. The second kappa shape index (κ2) is 7.62. The maximum atomic E-state index is 13.0. The average molecular weight is 429 g/mol. The van der Waals surface area contributed by atoms with Crippen LogP contribution < -0.4 is 5.56 Å². The van der Waals surface area contributed by atoms with Gasteiger partial charge in [0.05, 0.1) is 41.8 Å². The second-order valence-corrected chi connectivity index (χ2v) is 7.28. The first-order valence-electron chi connectivity index (χ1n) is 9.38. The molecular formula is C21H18F3N5O2. The van der Waals surface area contributed by atoms with Gasteiger partial charge in [0.2, 0.25) is 0 Å². The minimum atomic E-state index is -4.45. The van der Waals surface area contributed by atoms with Crippen LogP contribution in [0.15, 0.2) is 53.8 Å². The van der Waals surface area contributed by atoms with E-state index < -0.39 is 17.8 Å². The Bertz CT molecular complexity index is 1310. The largest absolute Gasteiger partial charge is 0.416 e. The molecule has 1 N–H and O–H groups in total. The first-order chi connectivity index (χ1) is 14.6. The van der Waals surface area contributed by atoms with Gasteiger partial charge in [-0.25, -0.2) is 9.97 Å². The predicted octanol–water partition coefficient (Wildman–Crippen LogP) is 3.26. The van der Waals surface area contributed by atoms with Gasteiger partial charge in [0.1, 0.15) is 11.2 Å². The van der Waals surface area contributed by atoms with Crippen molar-refractivity contribution in [3.05, 3.63) is 65.0 Å². The van der Waals surface area contributed by atoms with Crippen molar-refractivity contribution in [1.29, 1.82) is 0 Å². The molecule has 0 aliphatic rings. The Morgan fingerprint density at radius 3 is 2.45 bits per heavy atom. The number of pyridine rings is 1. The van der Waals surface area contributed by atoms with E-state index in [1.165, 1.54) is 29.1 Å². The molecule has 0 aliphatic heterocycles. The molecule has 10 heteroatoms. The van der Waals surface area contributed by atoms with Crippen LogP contribution in [-0.4, -0.2) is 35.5 Å². The average Bonchev–Trinajstić information content (AvgIpc) is 3.15. The monoisotopic (exact) mass is 429 g/mol. The van der Waals surface area contributed by atoms with Crippen LogP contribution in [0, 0.1) is 0 Å². The highest BCUT2D eigenvalue weighted by Crippen LogP contribution is 2.32. The molecular weight excluding hydrogens is 411 g/mol. The number of alkyl halides is 3. The number of aliphatic hydroxyl groups is 1. The van der Waals surface area contributed by atoms with E-state index in [9.17, 15) is 23.1 Å². The molecule has 0 fully saturated rings. The number of aliphatic hydroxyl groups excluding tert-OH is 1. The smallest absolute Gasteiger partial charge is 0.392 e. The highest BCUT2D eigenvalue weighted by Gasteiger charge is 2.30. The third-order valence-electron chi connectivity index (χ3n) is 4.76. The molecule has 3 heterocycles. The number of aryl methyl sites for hydroxylation is 1. The van der Waals surface area contributed by atoms with Crippen molar-refractivity contribution in [2.24, 2.45) is 7.05 Å². The van der Waals surface area contributed by atoms with Gasteiger partial charge in [-0.15, -0.1) is 0 Å². The maximum absolute atomic E-state index is 13.0. The van der Waals surface area contributed by atoms with Gasteiger partial charge in [-0.1, -0.05) is 12.1 Å². The molecule has 0 saturated carbocycles. The fraction of sp³-hybridized carbons (Fsp3) is 0.238. The Balaban J connectivity index is 1.95. The number of rotatable bonds is 4. The lowest BCUT2D eigenvalue weighted by Gasteiger charge is -2.12. The summed E-state index contributed by atoms with van der Waals surface area (Å²) in [7, 11) is 1.73. The van der Waals surface area contributed by atoms with Crippen LogP contribution in [0.1, 0.15) is 12.5 Å². The zero-order valence-corrected chi connectivity index (χ0v) is 16.6. The minimum Gasteiger partial charge on any atom is -0.392 e. The van der Waals surface area contributed by atoms with Crippen LogP contribution in [0.25, 0.3) is 33.4 Å². The Morgan fingerprint density at radius 2 is 1.87 bits per heavy atom. The number of hydrogen-bond acceptors (Lipinski definition) is 5. The SMILES string of the molecule is CC(O)Cn1cnc2c(-c3cnn(C)c3)nc(-c3ccc(C(F)(F)F)cc3)cc2c1=O. The van der Waals surface area contributed by atoms with E-state index in [0.717, 1.165) is 12.1 Å². The molecule has 0 bridgehead atoms. The summed E-state index contributed by atoms with van der Waals surface area (Å²) < 4.78 is 41.6. The van der Waals surface area contributed by atoms with Gasteiger partial charge in [-0.3, -0.25) is 14.0 Å². The lowest BCUT2D eigenvalue weighted by molar-refractivity contribution is -0.137. The van der Waals surface area contributed by atoms with E-state index in [1.54, 1.807) is 31.0 Å². The summed E-state index contributed by atoms with van der Waals surface area (Å²) in [5.41, 5.74) is 0.940. The molecule has 4 rings (SSSR count). The summed E-state index contributed by atoms with van der Waals surface area (Å²) in [5, 5.41) is 14.0. The lowest BCUT2D eigenvalue weighted by Crippen LogP contribution is -2.25. The second-order valence-electron chi connectivity index (χ2n) is 7.28. The summed E-state index contributed by atoms with van der Waals surface area (Å²) in [6.45, 7) is 1.61. The molecule has 0 amide bonds. The standard InChI is InChI=1S/C21H18F3N5O2/c1-12(30)9-29-11-25-19-16(20(29)31)7-17(27-18(19)14-8-26-28(2)10-14)13-3-5-15(6-4-13)21(22,23)24/h3-8,10-12,30H,9H2,1-2H3. The van der Waals surface area contributed by atoms with Gasteiger partial charge in [0, 0.05) is 24.4 Å². The first kappa shape index (κ1) is 20.7. The summed E-state index contributed by atoms with van der Waals surface area (Å²) in [6, 6.07) is 6.08. The van der Waals surface area contributed by atoms with Gasteiger partial charge >= 0.3 is 6.18 Å². The van der Waals surface area contributed by atoms with Gasteiger partial charge in [-0.05, 0) is 25.1 Å². The molecule has 0 saturated heterocycles. The van der Waals surface area contributed by atoms with E-state index in [-0.39, 0.29) is 17.5 Å². The number of fused-ring (bicyclic) bond motifs is 1. The van der Waals surface area contributed by atoms with Crippen LogP contribution in [0.5, 0.6) is 0 Å². The quantitative estimate of drug-likeness (QED) is 0.538. The van der Waals surface area contributed by atoms with Crippen molar-refractivity contribution in [3.8, 4) is 22.5 Å². The first-order valence-corrected chi connectivity index (χ1v) is 9.38. The van der Waals surface area contributed by atoms with Crippen LogP contribution in [-0.2, 0) is 19.8 Å². The molecule has 1 atom stereocenters. The fourth-order valence-corrected chi connectivity index (χ4v) is 3.30. The van der Waals surface area contributed by atoms with Crippen molar-refractivity contribution in [1.82, 2.24) is 24.3 Å². The summed E-state index contributed by atoms with van der Waals surface area (Å²) in [6.07, 6.45) is -0.584. The number of hydrogen-bond donors (Lipinski definition) is 1. The summed E-state index contributed by atoms with van der Waals surface area (Å²) in [4.78, 5) is 22.0. The van der Waals surface area contributed by atoms with Gasteiger partial charge in [0.25, 0.3) is 5.56 Å². The molecule has 0 radical (unpaired) electrons. The third kappa shape index (κ3) is 4.06. The van der Waals surface area contributed by atoms with Crippen molar-refractivity contribution >= 4 is 10.9 Å². The summed E-state index contributed by atoms with van der Waals surface area (Å²) >= 11 is 0. The van der Waals surface area contributed by atoms with Gasteiger partial charge < -0.3 is 5.11 Å². The molecule has 7 nitrogen and oxygen atoms in total. The highest BCUT2D eigenvalue weighted by molar-refractivity contribution is 5.93. The maximum Gasteiger partial charge on any atom is 0.416 e. The van der Waals surface area contributed by atoms with Crippen LogP contribution in [0.2, 0.25) is 0 Å². The zero-order chi connectivity index (χ0) is 22.3. The molecule has 3 aromatic heterocycles. The van der Waals surface area contributed by atoms with Crippen molar-refractivity contribution in [3.63, 3.8) is 0 Å². The lowest BCUT2D eigenvalue weighted by atomic mass is 10.0. The highest BCUT2D eigenvalue weighted by atomic mass is 19.4. The van der Waals surface area contributed by atoms with E-state index >= 15 is 0 Å². The predicted molar refractivity (Wildman–Crippen MR) is 108 cm³/mol. The Morgan fingerprint density at radius 1 is 1.16 bits per heavy atom. The van der Waals surface area contributed by atoms with Gasteiger partial charge in [0.15, 0.2) is 0 Å². The molecule has 4 aromatic rings. The molecule has 1 unspecified atom stereocenters. The normalized spacial score (nSPS) is 13.0. The minimum absolute atomic E-state index is 0.0575. The van der Waals surface area contributed by atoms with Crippen LogP contribution in [0.3, 0.4) is 0 Å². The molecule has 1 aromatic carbocycles. The Kier molecular flexibility index (Phi) is 5.10. The van der Waals surface area contributed by atoms with Crippen LogP contribution in [0.4, 0.5) is 13.2 Å². The summed E-state index contributed by atoms with van der Waals surface area (Å²) in [5.74, 6) is 0. The molecule has 0 aliphatic carbocycles. The number of aromatic nitrogens is 5. The van der Waals surface area contributed by atoms with Crippen molar-refractivity contribution in [2.75, 3.05) is 0 Å². The molecule has 31 heavy (non-hydrogen) atoms. The topological polar surface area (TPSA) is 85.8 Å².